The van der Waals surface area contributed by atoms with E-state index in [0.717, 1.165) is 31.6 Å². The maximum absolute atomic E-state index is 6.20. The van der Waals surface area contributed by atoms with E-state index < -0.39 is 0 Å². The van der Waals surface area contributed by atoms with E-state index in [-0.39, 0.29) is 6.04 Å². The van der Waals surface area contributed by atoms with Crippen molar-refractivity contribution in [1.29, 1.82) is 0 Å². The molecule has 1 saturated heterocycles. The molecule has 1 aliphatic heterocycles. The zero-order chi connectivity index (χ0) is 15.6. The summed E-state index contributed by atoms with van der Waals surface area (Å²) in [5.41, 5.74) is 8.67. The Morgan fingerprint density at radius 2 is 2.10 bits per heavy atom. The van der Waals surface area contributed by atoms with Crippen LogP contribution in [-0.4, -0.2) is 39.4 Å². The number of rotatable bonds is 4. The van der Waals surface area contributed by atoms with Crippen LogP contribution >= 0.6 is 11.8 Å². The summed E-state index contributed by atoms with van der Waals surface area (Å²) in [7, 11) is 2.06. The topological polar surface area (TPSA) is 47.1 Å². The average molecular weight is 311 g/mol. The molecule has 1 aromatic heterocycles. The highest BCUT2D eigenvalue weighted by molar-refractivity contribution is 8.00. The molecular formula is C16H30N4S. The second-order valence-corrected chi connectivity index (χ2v) is 8.53. The Hall–Kier alpha value is -0.680. The highest BCUT2D eigenvalue weighted by Gasteiger charge is 2.27. The number of thioether (sulfide) groups is 1. The third-order valence-corrected chi connectivity index (χ3v) is 5.81. The van der Waals surface area contributed by atoms with Crippen molar-refractivity contribution in [2.45, 2.75) is 57.7 Å². The van der Waals surface area contributed by atoms with E-state index in [1.165, 1.54) is 23.6 Å². The van der Waals surface area contributed by atoms with E-state index in [4.69, 9.17) is 5.73 Å². The minimum atomic E-state index is 0.226. The van der Waals surface area contributed by atoms with Gasteiger partial charge in [0.05, 0.1) is 5.69 Å². The molecule has 0 bridgehead atoms. The van der Waals surface area contributed by atoms with Crippen LogP contribution in [0.2, 0.25) is 0 Å². The molecule has 0 aliphatic carbocycles. The van der Waals surface area contributed by atoms with Gasteiger partial charge in [-0.05, 0) is 26.2 Å². The van der Waals surface area contributed by atoms with E-state index in [0.29, 0.717) is 4.75 Å². The van der Waals surface area contributed by atoms with Gasteiger partial charge in [0, 0.05) is 42.2 Å². The Labute approximate surface area is 133 Å². The van der Waals surface area contributed by atoms with Gasteiger partial charge in [0.2, 0.25) is 0 Å². The van der Waals surface area contributed by atoms with Gasteiger partial charge in [-0.25, -0.2) is 0 Å². The normalized spacial score (nSPS) is 20.4. The Bertz CT molecular complexity index is 481. The summed E-state index contributed by atoms with van der Waals surface area (Å²) in [5.74, 6) is 2.46. The molecule has 0 aromatic carbocycles. The van der Waals surface area contributed by atoms with Crippen molar-refractivity contribution < 1.29 is 0 Å². The van der Waals surface area contributed by atoms with E-state index in [1.807, 2.05) is 0 Å². The Morgan fingerprint density at radius 1 is 1.38 bits per heavy atom. The Morgan fingerprint density at radius 3 is 2.76 bits per heavy atom. The van der Waals surface area contributed by atoms with Crippen LogP contribution in [0.4, 0.5) is 5.82 Å². The minimum absolute atomic E-state index is 0.226. The van der Waals surface area contributed by atoms with Crippen molar-refractivity contribution in [3.8, 4) is 0 Å². The molecule has 0 radical (unpaired) electrons. The maximum atomic E-state index is 6.20. The fourth-order valence-electron chi connectivity index (χ4n) is 2.96. The first-order valence-corrected chi connectivity index (χ1v) is 8.99. The van der Waals surface area contributed by atoms with Gasteiger partial charge < -0.3 is 10.6 Å². The number of aryl methyl sites for hydroxylation is 2. The predicted molar refractivity (Wildman–Crippen MR) is 93.3 cm³/mol. The summed E-state index contributed by atoms with van der Waals surface area (Å²) >= 11 is 2.08. The molecule has 2 rings (SSSR count). The zero-order valence-electron chi connectivity index (χ0n) is 14.1. The molecule has 0 spiro atoms. The fraction of sp³-hybridized carbons (Fsp3) is 0.812. The fourth-order valence-corrected chi connectivity index (χ4v) is 4.06. The molecule has 1 aromatic rings. The molecular weight excluding hydrogens is 280 g/mol. The number of hydrogen-bond donors (Lipinski definition) is 1. The van der Waals surface area contributed by atoms with Crippen LogP contribution < -0.4 is 10.6 Å². The van der Waals surface area contributed by atoms with E-state index in [1.54, 1.807) is 0 Å². The second kappa shape index (κ2) is 6.61. The van der Waals surface area contributed by atoms with Gasteiger partial charge in [0.25, 0.3) is 0 Å². The molecule has 4 nitrogen and oxygen atoms in total. The molecule has 1 aliphatic rings. The van der Waals surface area contributed by atoms with Crippen LogP contribution in [0.5, 0.6) is 0 Å². The molecule has 1 fully saturated rings. The van der Waals surface area contributed by atoms with Gasteiger partial charge in [0.1, 0.15) is 5.82 Å². The van der Waals surface area contributed by atoms with Gasteiger partial charge >= 0.3 is 0 Å². The highest BCUT2D eigenvalue weighted by Crippen LogP contribution is 2.34. The molecule has 2 N–H and O–H groups in total. The maximum Gasteiger partial charge on any atom is 0.130 e. The lowest BCUT2D eigenvalue weighted by Gasteiger charge is -2.26. The zero-order valence-corrected chi connectivity index (χ0v) is 15.0. The summed E-state index contributed by atoms with van der Waals surface area (Å²) in [4.78, 5) is 2.51. The Balaban J connectivity index is 2.26. The average Bonchev–Trinajstić information content (AvgIpc) is 2.58. The molecule has 0 saturated carbocycles. The first kappa shape index (κ1) is 16.7. The van der Waals surface area contributed by atoms with Gasteiger partial charge in [-0.1, -0.05) is 20.8 Å². The van der Waals surface area contributed by atoms with Crippen LogP contribution in [0.25, 0.3) is 0 Å². The van der Waals surface area contributed by atoms with E-state index in [2.05, 4.69) is 61.2 Å². The van der Waals surface area contributed by atoms with Crippen LogP contribution in [0.3, 0.4) is 0 Å². The molecule has 5 heteroatoms. The van der Waals surface area contributed by atoms with Crippen molar-refractivity contribution >= 4 is 17.6 Å². The quantitative estimate of drug-likeness (QED) is 0.929. The molecule has 1 unspecified atom stereocenters. The smallest absolute Gasteiger partial charge is 0.130 e. The third kappa shape index (κ3) is 3.95. The van der Waals surface area contributed by atoms with Crippen molar-refractivity contribution in [1.82, 2.24) is 9.78 Å². The van der Waals surface area contributed by atoms with Gasteiger partial charge in [-0.15, -0.1) is 0 Å². The molecule has 1 atom stereocenters. The number of nitrogens with two attached hydrogens (primary N) is 1. The minimum Gasteiger partial charge on any atom is -0.356 e. The van der Waals surface area contributed by atoms with Crippen molar-refractivity contribution in [3.63, 3.8) is 0 Å². The second-order valence-electron chi connectivity index (χ2n) is 6.73. The number of hydrogen-bond acceptors (Lipinski definition) is 4. The van der Waals surface area contributed by atoms with Crippen LogP contribution in [0, 0.1) is 6.92 Å². The first-order valence-electron chi connectivity index (χ1n) is 8.01. The third-order valence-electron chi connectivity index (χ3n) is 4.44. The summed E-state index contributed by atoms with van der Waals surface area (Å²) in [6.07, 6.45) is 3.15. The van der Waals surface area contributed by atoms with Crippen molar-refractivity contribution in [3.05, 3.63) is 11.3 Å². The monoisotopic (exact) mass is 310 g/mol. The molecule has 0 amide bonds. The summed E-state index contributed by atoms with van der Waals surface area (Å²) in [6, 6.07) is 0.226. The molecule has 120 valence electrons. The molecule has 2 heterocycles. The summed E-state index contributed by atoms with van der Waals surface area (Å²) in [5, 5.41) is 4.65. The van der Waals surface area contributed by atoms with E-state index in [9.17, 15) is 0 Å². The van der Waals surface area contributed by atoms with Gasteiger partial charge in [-0.2, -0.15) is 16.9 Å². The predicted octanol–water partition coefficient (Wildman–Crippen LogP) is 2.73. The lowest BCUT2D eigenvalue weighted by atomic mass is 10.0. The largest absolute Gasteiger partial charge is 0.356 e. The number of aromatic nitrogens is 2. The highest BCUT2D eigenvalue weighted by atomic mass is 32.2. The van der Waals surface area contributed by atoms with Gasteiger partial charge in [0.15, 0.2) is 0 Å². The number of anilines is 1. The molecule has 21 heavy (non-hydrogen) atoms. The van der Waals surface area contributed by atoms with Gasteiger partial charge in [-0.3, -0.25) is 4.68 Å². The SMILES string of the molecule is CCC(N)Cc1c(C)nn(C)c1N1CCSC(C)(C)CC1. The van der Waals surface area contributed by atoms with Crippen LogP contribution in [0.15, 0.2) is 0 Å². The standard InChI is InChI=1S/C16H30N4S/c1-6-13(17)11-14-12(2)18-19(5)15(14)20-8-7-16(3,4)21-10-9-20/h13H,6-11,17H2,1-5H3. The first-order chi connectivity index (χ1) is 9.84. The lowest BCUT2D eigenvalue weighted by molar-refractivity contribution is 0.616. The van der Waals surface area contributed by atoms with Crippen LogP contribution in [0.1, 0.15) is 44.9 Å². The number of nitrogens with zero attached hydrogens (tertiary/aromatic N) is 3. The van der Waals surface area contributed by atoms with Crippen molar-refractivity contribution in [2.24, 2.45) is 12.8 Å². The summed E-state index contributed by atoms with van der Waals surface area (Å²) < 4.78 is 2.43. The Kier molecular flexibility index (Phi) is 5.25. The van der Waals surface area contributed by atoms with Crippen LogP contribution in [-0.2, 0) is 13.5 Å². The van der Waals surface area contributed by atoms with Crippen molar-refractivity contribution in [2.75, 3.05) is 23.7 Å². The summed E-state index contributed by atoms with van der Waals surface area (Å²) in [6.45, 7) is 11.2. The van der Waals surface area contributed by atoms with E-state index >= 15 is 0 Å². The lowest BCUT2D eigenvalue weighted by Crippen LogP contribution is -2.31.